The van der Waals surface area contributed by atoms with Gasteiger partial charge >= 0.3 is 0 Å². The third-order valence-corrected chi connectivity index (χ3v) is 2.93. The van der Waals surface area contributed by atoms with E-state index in [1.54, 1.807) is 12.1 Å². The van der Waals surface area contributed by atoms with Crippen molar-refractivity contribution < 1.29 is 9.59 Å². The summed E-state index contributed by atoms with van der Waals surface area (Å²) in [6.45, 7) is 5.87. The quantitative estimate of drug-likeness (QED) is 0.715. The van der Waals surface area contributed by atoms with Crippen LogP contribution in [0.5, 0.6) is 0 Å². The molecule has 0 radical (unpaired) electrons. The van der Waals surface area contributed by atoms with Gasteiger partial charge in [0.15, 0.2) is 11.5 Å². The number of aromatic amines is 1. The van der Waals surface area contributed by atoms with E-state index in [1.165, 1.54) is 0 Å². The molecule has 6 heteroatoms. The molecule has 1 aromatic heterocycles. The number of aromatic nitrogens is 2. The van der Waals surface area contributed by atoms with E-state index < -0.39 is 0 Å². The standard InChI is InChI=1S/C13H18N4O2/c1-8-4-11(16-14-8)12(19)17-15-9-5-10(18)7-13(2,3)6-9/h4-5,15H,6-7H2,1-3H3,(H,14,16)(H,17,19). The fourth-order valence-corrected chi connectivity index (χ4v) is 2.16. The van der Waals surface area contributed by atoms with Crippen LogP contribution in [0.3, 0.4) is 0 Å². The van der Waals surface area contributed by atoms with Gasteiger partial charge in [-0.3, -0.25) is 20.1 Å². The molecule has 0 aliphatic heterocycles. The van der Waals surface area contributed by atoms with Crippen LogP contribution in [0.15, 0.2) is 17.8 Å². The number of nitrogens with one attached hydrogen (secondary N) is 3. The molecule has 0 bridgehead atoms. The number of allylic oxidation sites excluding steroid dienone is 2. The fraction of sp³-hybridized carbons (Fsp3) is 0.462. The molecular weight excluding hydrogens is 244 g/mol. The highest BCUT2D eigenvalue weighted by Gasteiger charge is 2.27. The lowest BCUT2D eigenvalue weighted by Gasteiger charge is -2.29. The maximum Gasteiger partial charge on any atom is 0.290 e. The van der Waals surface area contributed by atoms with Gasteiger partial charge in [0, 0.05) is 23.9 Å². The molecule has 19 heavy (non-hydrogen) atoms. The molecule has 1 aromatic rings. The van der Waals surface area contributed by atoms with Crippen LogP contribution < -0.4 is 10.9 Å². The van der Waals surface area contributed by atoms with Crippen LogP contribution >= 0.6 is 0 Å². The second-order valence-corrected chi connectivity index (χ2v) is 5.67. The summed E-state index contributed by atoms with van der Waals surface area (Å²) in [7, 11) is 0. The Morgan fingerprint density at radius 1 is 1.42 bits per heavy atom. The summed E-state index contributed by atoms with van der Waals surface area (Å²) in [5, 5.41) is 6.56. The van der Waals surface area contributed by atoms with E-state index in [0.29, 0.717) is 12.1 Å². The number of hydrogen-bond acceptors (Lipinski definition) is 4. The molecule has 3 N–H and O–H groups in total. The second-order valence-electron chi connectivity index (χ2n) is 5.67. The van der Waals surface area contributed by atoms with E-state index in [2.05, 4.69) is 21.0 Å². The summed E-state index contributed by atoms with van der Waals surface area (Å²) < 4.78 is 0. The molecule has 1 aliphatic carbocycles. The minimum atomic E-state index is -0.332. The zero-order valence-electron chi connectivity index (χ0n) is 11.3. The van der Waals surface area contributed by atoms with Crippen molar-refractivity contribution in [1.29, 1.82) is 0 Å². The Morgan fingerprint density at radius 3 is 2.74 bits per heavy atom. The molecule has 0 aromatic carbocycles. The monoisotopic (exact) mass is 262 g/mol. The summed E-state index contributed by atoms with van der Waals surface area (Å²) in [5.41, 5.74) is 7.12. The van der Waals surface area contributed by atoms with E-state index in [-0.39, 0.29) is 17.1 Å². The topological polar surface area (TPSA) is 86.9 Å². The highest BCUT2D eigenvalue weighted by atomic mass is 16.2. The number of carbonyl (C=O) groups is 2. The van der Waals surface area contributed by atoms with Crippen molar-refractivity contribution in [3.8, 4) is 0 Å². The molecule has 0 saturated heterocycles. The van der Waals surface area contributed by atoms with E-state index in [1.807, 2.05) is 20.8 Å². The zero-order chi connectivity index (χ0) is 14.0. The number of H-pyrrole nitrogens is 1. The van der Waals surface area contributed by atoms with E-state index in [4.69, 9.17) is 0 Å². The van der Waals surface area contributed by atoms with Crippen molar-refractivity contribution in [2.75, 3.05) is 0 Å². The molecule has 0 saturated carbocycles. The minimum Gasteiger partial charge on any atom is -0.302 e. The Kier molecular flexibility index (Phi) is 3.42. The van der Waals surface area contributed by atoms with Gasteiger partial charge < -0.3 is 5.43 Å². The first kappa shape index (κ1) is 13.3. The summed E-state index contributed by atoms with van der Waals surface area (Å²) in [6.07, 6.45) is 2.80. The highest BCUT2D eigenvalue weighted by molar-refractivity contribution is 5.93. The van der Waals surface area contributed by atoms with Gasteiger partial charge in [0.25, 0.3) is 5.91 Å². The maximum atomic E-state index is 11.8. The van der Waals surface area contributed by atoms with Gasteiger partial charge in [0.2, 0.25) is 0 Å². The SMILES string of the molecule is Cc1cc(C(=O)NNC2=CC(=O)CC(C)(C)C2)n[nH]1. The molecule has 102 valence electrons. The number of carbonyl (C=O) groups excluding carboxylic acids is 2. The molecule has 0 spiro atoms. The number of nitrogens with zero attached hydrogens (tertiary/aromatic N) is 1. The number of ketones is 1. The Morgan fingerprint density at radius 2 is 2.16 bits per heavy atom. The van der Waals surface area contributed by atoms with E-state index in [0.717, 1.165) is 17.8 Å². The average Bonchev–Trinajstić information content (AvgIpc) is 2.70. The maximum absolute atomic E-state index is 11.8. The van der Waals surface area contributed by atoms with Crippen molar-refractivity contribution in [2.45, 2.75) is 33.6 Å². The second kappa shape index (κ2) is 4.87. The zero-order valence-corrected chi connectivity index (χ0v) is 11.3. The van der Waals surface area contributed by atoms with Crippen LogP contribution in [0, 0.1) is 12.3 Å². The molecule has 1 amide bonds. The predicted octanol–water partition coefficient (Wildman–Crippen LogP) is 1.23. The number of aryl methyl sites for hydroxylation is 1. The third-order valence-electron chi connectivity index (χ3n) is 2.93. The smallest absolute Gasteiger partial charge is 0.290 e. The fourth-order valence-electron chi connectivity index (χ4n) is 2.16. The molecule has 0 fully saturated rings. The van der Waals surface area contributed by atoms with Crippen LogP contribution in [-0.4, -0.2) is 21.9 Å². The van der Waals surface area contributed by atoms with Gasteiger partial charge in [0.05, 0.1) is 0 Å². The first-order valence-electron chi connectivity index (χ1n) is 6.17. The van der Waals surface area contributed by atoms with E-state index in [9.17, 15) is 9.59 Å². The van der Waals surface area contributed by atoms with Gasteiger partial charge in [-0.15, -0.1) is 0 Å². The number of amides is 1. The summed E-state index contributed by atoms with van der Waals surface area (Å²) in [4.78, 5) is 23.3. The lowest BCUT2D eigenvalue weighted by Crippen LogP contribution is -2.39. The Bertz CT molecular complexity index is 543. The molecule has 1 aliphatic rings. The third kappa shape index (κ3) is 3.43. The van der Waals surface area contributed by atoms with Crippen molar-refractivity contribution >= 4 is 11.7 Å². The minimum absolute atomic E-state index is 0.0728. The first-order valence-corrected chi connectivity index (χ1v) is 6.17. The van der Waals surface area contributed by atoms with Gasteiger partial charge in [-0.05, 0) is 24.8 Å². The van der Waals surface area contributed by atoms with Gasteiger partial charge in [-0.1, -0.05) is 13.8 Å². The summed E-state index contributed by atoms with van der Waals surface area (Å²) in [5.74, 6) is -0.260. The Hall–Kier alpha value is -2.11. The predicted molar refractivity (Wildman–Crippen MR) is 70.0 cm³/mol. The van der Waals surface area contributed by atoms with Gasteiger partial charge in [-0.2, -0.15) is 5.10 Å². The number of hydrogen-bond donors (Lipinski definition) is 3. The lowest BCUT2D eigenvalue weighted by atomic mass is 9.79. The van der Waals surface area contributed by atoms with Crippen LogP contribution in [0.4, 0.5) is 0 Å². The number of rotatable bonds is 3. The molecule has 0 atom stereocenters. The van der Waals surface area contributed by atoms with Crippen LogP contribution in [0.25, 0.3) is 0 Å². The van der Waals surface area contributed by atoms with Crippen LogP contribution in [0.1, 0.15) is 42.9 Å². The normalized spacial score (nSPS) is 17.8. The van der Waals surface area contributed by atoms with E-state index >= 15 is 0 Å². The molecule has 0 unspecified atom stereocenters. The van der Waals surface area contributed by atoms with Crippen molar-refractivity contribution in [3.63, 3.8) is 0 Å². The summed E-state index contributed by atoms with van der Waals surface area (Å²) in [6, 6.07) is 1.65. The molecular formula is C13H18N4O2. The lowest BCUT2D eigenvalue weighted by molar-refractivity contribution is -0.117. The largest absolute Gasteiger partial charge is 0.302 e. The van der Waals surface area contributed by atoms with Crippen LogP contribution in [-0.2, 0) is 4.79 Å². The Balaban J connectivity index is 1.96. The highest BCUT2D eigenvalue weighted by Crippen LogP contribution is 2.32. The number of hydrazine groups is 1. The molecule has 6 nitrogen and oxygen atoms in total. The van der Waals surface area contributed by atoms with Crippen LogP contribution in [0.2, 0.25) is 0 Å². The molecule has 1 heterocycles. The van der Waals surface area contributed by atoms with Crippen molar-refractivity contribution in [1.82, 2.24) is 21.0 Å². The average molecular weight is 262 g/mol. The van der Waals surface area contributed by atoms with Gasteiger partial charge in [0.1, 0.15) is 0 Å². The van der Waals surface area contributed by atoms with Crippen molar-refractivity contribution in [3.05, 3.63) is 29.2 Å². The summed E-state index contributed by atoms with van der Waals surface area (Å²) >= 11 is 0. The van der Waals surface area contributed by atoms with Crippen molar-refractivity contribution in [2.24, 2.45) is 5.41 Å². The Labute approximate surface area is 111 Å². The molecule has 2 rings (SSSR count). The van der Waals surface area contributed by atoms with Gasteiger partial charge in [-0.25, -0.2) is 0 Å². The first-order chi connectivity index (χ1) is 8.85.